The normalized spacial score (nSPS) is 10.0. The first-order chi connectivity index (χ1) is 6.24. The molecule has 0 saturated carbocycles. The minimum atomic E-state index is 0.388. The van der Waals surface area contributed by atoms with Gasteiger partial charge < -0.3 is 15.2 Å². The first-order valence-electron chi connectivity index (χ1n) is 3.77. The van der Waals surface area contributed by atoms with Gasteiger partial charge in [0.25, 0.3) is 0 Å². The van der Waals surface area contributed by atoms with Crippen LogP contribution in [0.5, 0.6) is 5.75 Å². The molecule has 1 heterocycles. The zero-order chi connectivity index (χ0) is 9.68. The van der Waals surface area contributed by atoms with Crippen LogP contribution in [0.3, 0.4) is 0 Å². The molecule has 0 bridgehead atoms. The van der Waals surface area contributed by atoms with E-state index in [1.54, 1.807) is 19.4 Å². The maximum absolute atomic E-state index is 5.57. The van der Waals surface area contributed by atoms with Crippen LogP contribution in [0.4, 0.5) is 5.82 Å². The maximum atomic E-state index is 5.57. The summed E-state index contributed by atoms with van der Waals surface area (Å²) in [7, 11) is 1.62. The van der Waals surface area contributed by atoms with Gasteiger partial charge in [0.1, 0.15) is 6.61 Å². The molecule has 4 nitrogen and oxygen atoms in total. The third-order valence-corrected chi connectivity index (χ3v) is 1.83. The van der Waals surface area contributed by atoms with Crippen molar-refractivity contribution in [1.29, 1.82) is 0 Å². The second kappa shape index (κ2) is 5.04. The van der Waals surface area contributed by atoms with Crippen molar-refractivity contribution >= 4 is 21.7 Å². The molecule has 72 valence electrons. The van der Waals surface area contributed by atoms with Crippen LogP contribution in [0.15, 0.2) is 16.7 Å². The summed E-state index contributed by atoms with van der Waals surface area (Å²) >= 11 is 3.28. The third kappa shape index (κ3) is 3.20. The van der Waals surface area contributed by atoms with Crippen molar-refractivity contribution in [3.63, 3.8) is 0 Å². The van der Waals surface area contributed by atoms with Crippen LogP contribution in [0.2, 0.25) is 0 Å². The van der Waals surface area contributed by atoms with Crippen molar-refractivity contribution in [2.75, 3.05) is 26.1 Å². The average molecular weight is 247 g/mol. The Morgan fingerprint density at radius 2 is 2.31 bits per heavy atom. The molecule has 0 saturated heterocycles. The molecular formula is C8H11BrN2O2. The number of rotatable bonds is 4. The SMILES string of the molecule is COCCOc1cc(Br)cnc1N. The number of aromatic nitrogens is 1. The van der Waals surface area contributed by atoms with Gasteiger partial charge in [-0.3, -0.25) is 0 Å². The summed E-state index contributed by atoms with van der Waals surface area (Å²) in [5.41, 5.74) is 5.57. The number of halogens is 1. The Kier molecular flexibility index (Phi) is 3.98. The van der Waals surface area contributed by atoms with Crippen molar-refractivity contribution in [1.82, 2.24) is 4.98 Å². The summed E-state index contributed by atoms with van der Waals surface area (Å²) in [4.78, 5) is 3.92. The number of anilines is 1. The molecule has 1 aromatic heterocycles. The number of ether oxygens (including phenoxy) is 2. The van der Waals surface area contributed by atoms with Crippen LogP contribution >= 0.6 is 15.9 Å². The van der Waals surface area contributed by atoms with E-state index in [1.165, 1.54) is 0 Å². The second-order valence-corrected chi connectivity index (χ2v) is 3.29. The fourth-order valence-corrected chi connectivity index (χ4v) is 1.09. The van der Waals surface area contributed by atoms with Crippen LogP contribution in [-0.2, 0) is 4.74 Å². The molecule has 0 aliphatic carbocycles. The molecule has 0 amide bonds. The molecule has 13 heavy (non-hydrogen) atoms. The number of nitrogens with two attached hydrogens (primary N) is 1. The lowest BCUT2D eigenvalue weighted by Gasteiger charge is -2.07. The fraction of sp³-hybridized carbons (Fsp3) is 0.375. The molecule has 0 fully saturated rings. The molecule has 2 N–H and O–H groups in total. The van der Waals surface area contributed by atoms with E-state index in [0.29, 0.717) is 24.8 Å². The summed E-state index contributed by atoms with van der Waals surface area (Å²) in [6, 6.07) is 1.78. The molecule has 0 aliphatic rings. The van der Waals surface area contributed by atoms with E-state index < -0.39 is 0 Å². The molecule has 5 heteroatoms. The van der Waals surface area contributed by atoms with Gasteiger partial charge in [-0.1, -0.05) is 0 Å². The minimum absolute atomic E-state index is 0.388. The highest BCUT2D eigenvalue weighted by atomic mass is 79.9. The van der Waals surface area contributed by atoms with E-state index >= 15 is 0 Å². The lowest BCUT2D eigenvalue weighted by molar-refractivity contribution is 0.146. The first-order valence-corrected chi connectivity index (χ1v) is 4.56. The largest absolute Gasteiger partial charge is 0.487 e. The number of pyridine rings is 1. The third-order valence-electron chi connectivity index (χ3n) is 1.39. The number of nitrogens with zero attached hydrogens (tertiary/aromatic N) is 1. The van der Waals surface area contributed by atoms with E-state index in [1.807, 2.05) is 0 Å². The fourth-order valence-electron chi connectivity index (χ4n) is 0.782. The van der Waals surface area contributed by atoms with E-state index in [-0.39, 0.29) is 0 Å². The first kappa shape index (κ1) is 10.3. The molecular weight excluding hydrogens is 236 g/mol. The molecule has 0 aliphatic heterocycles. The Balaban J connectivity index is 2.59. The van der Waals surface area contributed by atoms with E-state index in [4.69, 9.17) is 15.2 Å². The predicted octanol–water partition coefficient (Wildman–Crippen LogP) is 1.45. The van der Waals surface area contributed by atoms with Crippen molar-refractivity contribution in [2.24, 2.45) is 0 Å². The number of hydrogen-bond donors (Lipinski definition) is 1. The lowest BCUT2D eigenvalue weighted by Crippen LogP contribution is -2.06. The van der Waals surface area contributed by atoms with Gasteiger partial charge in [0, 0.05) is 17.8 Å². The molecule has 0 unspecified atom stereocenters. The molecule has 0 radical (unpaired) electrons. The Morgan fingerprint density at radius 1 is 1.54 bits per heavy atom. The Hall–Kier alpha value is -0.810. The molecule has 0 spiro atoms. The molecule has 0 aromatic carbocycles. The van der Waals surface area contributed by atoms with Crippen molar-refractivity contribution in [3.8, 4) is 5.75 Å². The highest BCUT2D eigenvalue weighted by Crippen LogP contribution is 2.22. The topological polar surface area (TPSA) is 57.4 Å². The monoisotopic (exact) mass is 246 g/mol. The van der Waals surface area contributed by atoms with Gasteiger partial charge in [-0.2, -0.15) is 0 Å². The summed E-state index contributed by atoms with van der Waals surface area (Å²) in [5, 5.41) is 0. The summed E-state index contributed by atoms with van der Waals surface area (Å²) in [5.74, 6) is 0.964. The summed E-state index contributed by atoms with van der Waals surface area (Å²) < 4.78 is 11.0. The van der Waals surface area contributed by atoms with Crippen molar-refractivity contribution in [3.05, 3.63) is 16.7 Å². The quantitative estimate of drug-likeness (QED) is 0.818. The molecule has 1 aromatic rings. The van der Waals surface area contributed by atoms with Crippen LogP contribution in [0, 0.1) is 0 Å². The smallest absolute Gasteiger partial charge is 0.166 e. The standard InChI is InChI=1S/C8H11BrN2O2/c1-12-2-3-13-7-4-6(9)5-11-8(7)10/h4-5H,2-3H2,1H3,(H2,10,11). The molecule has 0 atom stereocenters. The Labute approximate surface area is 85.2 Å². The average Bonchev–Trinajstić information content (AvgIpc) is 2.11. The van der Waals surface area contributed by atoms with Gasteiger partial charge in [0.2, 0.25) is 0 Å². The molecule has 1 rings (SSSR count). The second-order valence-electron chi connectivity index (χ2n) is 2.38. The zero-order valence-electron chi connectivity index (χ0n) is 7.29. The van der Waals surface area contributed by atoms with Gasteiger partial charge >= 0.3 is 0 Å². The van der Waals surface area contributed by atoms with Gasteiger partial charge in [-0.15, -0.1) is 0 Å². The number of methoxy groups -OCH3 is 1. The highest BCUT2D eigenvalue weighted by molar-refractivity contribution is 9.10. The van der Waals surface area contributed by atoms with Crippen molar-refractivity contribution in [2.45, 2.75) is 0 Å². The van der Waals surface area contributed by atoms with Gasteiger partial charge in [0.15, 0.2) is 11.6 Å². The van der Waals surface area contributed by atoms with E-state index in [9.17, 15) is 0 Å². The lowest BCUT2D eigenvalue weighted by atomic mass is 10.4. The van der Waals surface area contributed by atoms with Crippen LogP contribution in [-0.4, -0.2) is 25.3 Å². The van der Waals surface area contributed by atoms with E-state index in [2.05, 4.69) is 20.9 Å². The number of hydrogen-bond acceptors (Lipinski definition) is 4. The van der Waals surface area contributed by atoms with Crippen LogP contribution in [0.1, 0.15) is 0 Å². The summed E-state index contributed by atoms with van der Waals surface area (Å²) in [6.45, 7) is 1.00. The Morgan fingerprint density at radius 3 is 3.00 bits per heavy atom. The Bertz CT molecular complexity index is 281. The van der Waals surface area contributed by atoms with Gasteiger partial charge in [0.05, 0.1) is 6.61 Å². The predicted molar refractivity (Wildman–Crippen MR) is 53.7 cm³/mol. The van der Waals surface area contributed by atoms with Gasteiger partial charge in [-0.25, -0.2) is 4.98 Å². The van der Waals surface area contributed by atoms with Gasteiger partial charge in [-0.05, 0) is 22.0 Å². The van der Waals surface area contributed by atoms with Crippen molar-refractivity contribution < 1.29 is 9.47 Å². The minimum Gasteiger partial charge on any atom is -0.487 e. The highest BCUT2D eigenvalue weighted by Gasteiger charge is 2.01. The van der Waals surface area contributed by atoms with Crippen LogP contribution < -0.4 is 10.5 Å². The summed E-state index contributed by atoms with van der Waals surface area (Å²) in [6.07, 6.45) is 1.62. The maximum Gasteiger partial charge on any atom is 0.166 e. The zero-order valence-corrected chi connectivity index (χ0v) is 8.87. The van der Waals surface area contributed by atoms with Crippen LogP contribution in [0.25, 0.3) is 0 Å². The number of nitrogen functional groups attached to an aromatic ring is 1. The van der Waals surface area contributed by atoms with E-state index in [0.717, 1.165) is 4.47 Å².